The van der Waals surface area contributed by atoms with Crippen molar-refractivity contribution >= 4 is 50.8 Å². The number of benzene rings is 1. The van der Waals surface area contributed by atoms with Crippen LogP contribution in [-0.2, 0) is 4.79 Å². The van der Waals surface area contributed by atoms with Crippen LogP contribution in [-0.4, -0.2) is 33.6 Å². The van der Waals surface area contributed by atoms with Gasteiger partial charge in [0.1, 0.15) is 16.2 Å². The summed E-state index contributed by atoms with van der Waals surface area (Å²) in [5, 5.41) is 9.48. The minimum absolute atomic E-state index is 0.146. The Morgan fingerprint density at radius 2 is 2.04 bits per heavy atom. The normalized spacial score (nSPS) is 13.5. The van der Waals surface area contributed by atoms with E-state index in [1.807, 2.05) is 11.4 Å². The third-order valence-electron chi connectivity index (χ3n) is 3.92. The smallest absolute Gasteiger partial charge is 0.253 e. The van der Waals surface area contributed by atoms with Gasteiger partial charge in [0.15, 0.2) is 0 Å². The number of anilines is 1. The van der Waals surface area contributed by atoms with Crippen molar-refractivity contribution in [3.8, 4) is 0 Å². The number of rotatable bonds is 6. The van der Waals surface area contributed by atoms with E-state index >= 15 is 0 Å². The summed E-state index contributed by atoms with van der Waals surface area (Å²) in [7, 11) is 0. The van der Waals surface area contributed by atoms with Crippen LogP contribution in [0.3, 0.4) is 0 Å². The summed E-state index contributed by atoms with van der Waals surface area (Å²) in [6, 6.07) is 9.28. The van der Waals surface area contributed by atoms with Crippen LogP contribution in [0.15, 0.2) is 47.1 Å². The first-order chi connectivity index (χ1) is 12.7. The van der Waals surface area contributed by atoms with Crippen molar-refractivity contribution in [2.24, 2.45) is 0 Å². The van der Waals surface area contributed by atoms with Gasteiger partial charge in [-0.15, -0.1) is 11.3 Å². The Kier molecular flexibility index (Phi) is 4.85. The van der Waals surface area contributed by atoms with E-state index < -0.39 is 0 Å². The summed E-state index contributed by atoms with van der Waals surface area (Å²) >= 11 is 2.90. The average Bonchev–Trinajstić information content (AvgIpc) is 3.32. The zero-order valence-corrected chi connectivity index (χ0v) is 15.4. The van der Waals surface area contributed by atoms with Crippen LogP contribution in [0.2, 0.25) is 0 Å². The highest BCUT2D eigenvalue weighted by molar-refractivity contribution is 8.00. The van der Waals surface area contributed by atoms with E-state index in [0.717, 1.165) is 28.1 Å². The Labute approximate surface area is 158 Å². The fourth-order valence-electron chi connectivity index (χ4n) is 2.48. The molecular formula is C18H16N4O2S2. The summed E-state index contributed by atoms with van der Waals surface area (Å²) in [6.45, 7) is 0. The third-order valence-corrected chi connectivity index (χ3v) is 5.75. The van der Waals surface area contributed by atoms with Gasteiger partial charge in [0.25, 0.3) is 5.91 Å². The summed E-state index contributed by atoms with van der Waals surface area (Å²) < 4.78 is 0. The Morgan fingerprint density at radius 3 is 2.88 bits per heavy atom. The van der Waals surface area contributed by atoms with Gasteiger partial charge < -0.3 is 10.6 Å². The van der Waals surface area contributed by atoms with E-state index in [9.17, 15) is 9.59 Å². The van der Waals surface area contributed by atoms with Crippen LogP contribution in [0.1, 0.15) is 23.2 Å². The molecule has 1 aliphatic rings. The molecule has 2 aromatic heterocycles. The van der Waals surface area contributed by atoms with Gasteiger partial charge in [0.2, 0.25) is 5.91 Å². The van der Waals surface area contributed by atoms with Crippen LogP contribution < -0.4 is 10.6 Å². The summed E-state index contributed by atoms with van der Waals surface area (Å²) in [5.74, 6) is -0.115. The first-order valence-electron chi connectivity index (χ1n) is 8.21. The Balaban J connectivity index is 1.42. The number of carbonyl (C=O) groups excluding carboxylic acids is 2. The molecule has 0 unspecified atom stereocenters. The lowest BCUT2D eigenvalue weighted by atomic mass is 10.1. The molecular weight excluding hydrogens is 368 g/mol. The van der Waals surface area contributed by atoms with Crippen LogP contribution >= 0.6 is 23.1 Å². The molecule has 0 atom stereocenters. The lowest BCUT2D eigenvalue weighted by Crippen LogP contribution is -2.27. The van der Waals surface area contributed by atoms with E-state index in [-0.39, 0.29) is 23.6 Å². The molecule has 1 aliphatic carbocycles. The van der Waals surface area contributed by atoms with Crippen molar-refractivity contribution in [1.82, 2.24) is 15.3 Å². The maximum atomic E-state index is 12.4. The van der Waals surface area contributed by atoms with Gasteiger partial charge in [-0.25, -0.2) is 9.97 Å². The van der Waals surface area contributed by atoms with Gasteiger partial charge in [-0.1, -0.05) is 23.9 Å². The number of nitrogens with one attached hydrogen (secondary N) is 2. The van der Waals surface area contributed by atoms with E-state index in [1.165, 1.54) is 18.1 Å². The van der Waals surface area contributed by atoms with Crippen molar-refractivity contribution in [2.75, 3.05) is 11.1 Å². The first kappa shape index (κ1) is 17.0. The zero-order chi connectivity index (χ0) is 17.9. The molecule has 3 aromatic rings. The molecule has 132 valence electrons. The summed E-state index contributed by atoms with van der Waals surface area (Å²) in [5.41, 5.74) is 1.01. The highest BCUT2D eigenvalue weighted by Crippen LogP contribution is 2.28. The van der Waals surface area contributed by atoms with Gasteiger partial charge in [0.05, 0.1) is 17.0 Å². The molecule has 0 saturated heterocycles. The largest absolute Gasteiger partial charge is 0.349 e. The topological polar surface area (TPSA) is 84.0 Å². The standard InChI is InChI=1S/C18H16N4O2S2/c23-15(9-26-18-13-7-8-25-17(13)19-10-20-18)22-14-4-2-1-3-12(14)16(24)21-11-5-6-11/h1-4,7-8,10-11H,5-6,9H2,(H,21,24)(H,22,23). The van der Waals surface area contributed by atoms with Crippen LogP contribution in [0.5, 0.6) is 0 Å². The van der Waals surface area contributed by atoms with E-state index in [2.05, 4.69) is 20.6 Å². The highest BCUT2D eigenvalue weighted by Gasteiger charge is 2.25. The molecule has 0 aliphatic heterocycles. The number of thiophene rings is 1. The van der Waals surface area contributed by atoms with E-state index in [4.69, 9.17) is 0 Å². The Hall–Kier alpha value is -2.45. The zero-order valence-electron chi connectivity index (χ0n) is 13.8. The van der Waals surface area contributed by atoms with E-state index in [0.29, 0.717) is 11.3 Å². The molecule has 1 aromatic carbocycles. The Morgan fingerprint density at radius 1 is 1.19 bits per heavy atom. The number of para-hydroxylation sites is 1. The highest BCUT2D eigenvalue weighted by atomic mass is 32.2. The second-order valence-electron chi connectivity index (χ2n) is 5.95. The Bertz CT molecular complexity index is 968. The molecule has 4 rings (SSSR count). The average molecular weight is 384 g/mol. The second kappa shape index (κ2) is 7.43. The fourth-order valence-corrected chi connectivity index (χ4v) is 4.06. The third kappa shape index (κ3) is 3.86. The minimum atomic E-state index is -0.177. The van der Waals surface area contributed by atoms with Gasteiger partial charge >= 0.3 is 0 Å². The molecule has 0 bridgehead atoms. The molecule has 1 fully saturated rings. The number of aromatic nitrogens is 2. The van der Waals surface area contributed by atoms with Crippen molar-refractivity contribution in [2.45, 2.75) is 23.9 Å². The molecule has 6 nitrogen and oxygen atoms in total. The molecule has 2 heterocycles. The number of fused-ring (bicyclic) bond motifs is 1. The number of carbonyl (C=O) groups is 2. The molecule has 26 heavy (non-hydrogen) atoms. The summed E-state index contributed by atoms with van der Waals surface area (Å²) in [6.07, 6.45) is 3.55. The van der Waals surface area contributed by atoms with E-state index in [1.54, 1.807) is 35.6 Å². The number of amides is 2. The van der Waals surface area contributed by atoms with Crippen molar-refractivity contribution in [3.63, 3.8) is 0 Å². The van der Waals surface area contributed by atoms with Crippen molar-refractivity contribution < 1.29 is 9.59 Å². The van der Waals surface area contributed by atoms with Gasteiger partial charge in [-0.3, -0.25) is 9.59 Å². The first-order valence-corrected chi connectivity index (χ1v) is 10.1. The maximum absolute atomic E-state index is 12.4. The van der Waals surface area contributed by atoms with Crippen molar-refractivity contribution in [1.29, 1.82) is 0 Å². The summed E-state index contributed by atoms with van der Waals surface area (Å²) in [4.78, 5) is 34.0. The molecule has 0 radical (unpaired) electrons. The lowest BCUT2D eigenvalue weighted by molar-refractivity contribution is -0.113. The molecule has 2 amide bonds. The second-order valence-corrected chi connectivity index (χ2v) is 7.81. The number of thioether (sulfide) groups is 1. The molecule has 2 N–H and O–H groups in total. The monoisotopic (exact) mass is 384 g/mol. The van der Waals surface area contributed by atoms with Gasteiger partial charge in [-0.05, 0) is 36.4 Å². The van der Waals surface area contributed by atoms with Crippen molar-refractivity contribution in [3.05, 3.63) is 47.6 Å². The maximum Gasteiger partial charge on any atom is 0.253 e. The predicted octanol–water partition coefficient (Wildman–Crippen LogP) is 3.31. The van der Waals surface area contributed by atoms with Crippen LogP contribution in [0, 0.1) is 0 Å². The van der Waals surface area contributed by atoms with Crippen LogP contribution in [0.25, 0.3) is 10.2 Å². The van der Waals surface area contributed by atoms with Gasteiger partial charge in [0, 0.05) is 11.4 Å². The van der Waals surface area contributed by atoms with Gasteiger partial charge in [-0.2, -0.15) is 0 Å². The predicted molar refractivity (Wildman–Crippen MR) is 104 cm³/mol. The lowest BCUT2D eigenvalue weighted by Gasteiger charge is -2.11. The molecule has 1 saturated carbocycles. The number of hydrogen-bond acceptors (Lipinski definition) is 6. The van der Waals surface area contributed by atoms with Crippen LogP contribution in [0.4, 0.5) is 5.69 Å². The fraction of sp³-hybridized carbons (Fsp3) is 0.222. The number of hydrogen-bond donors (Lipinski definition) is 2. The number of nitrogens with zero attached hydrogens (tertiary/aromatic N) is 2. The quantitative estimate of drug-likeness (QED) is 0.503. The molecule has 8 heteroatoms. The molecule has 0 spiro atoms. The minimum Gasteiger partial charge on any atom is -0.349 e. The SMILES string of the molecule is O=C(CSc1ncnc2sccc12)Nc1ccccc1C(=O)NC1CC1.